The molecule has 0 aliphatic heterocycles. The van der Waals surface area contributed by atoms with Crippen LogP contribution < -0.4 is 5.73 Å². The van der Waals surface area contributed by atoms with Crippen LogP contribution in [0.4, 0.5) is 0 Å². The molecule has 0 unspecified atom stereocenters. The van der Waals surface area contributed by atoms with Crippen LogP contribution in [0.25, 0.3) is 0 Å². The number of hydrogen-bond acceptors (Lipinski definition) is 3. The van der Waals surface area contributed by atoms with Crippen LogP contribution in [0.15, 0.2) is 30.5 Å². The van der Waals surface area contributed by atoms with Crippen LogP contribution in [0.3, 0.4) is 0 Å². The van der Waals surface area contributed by atoms with E-state index < -0.39 is 0 Å². The predicted octanol–water partition coefficient (Wildman–Crippen LogP) is 4.39. The number of hydrogen-bond donors (Lipinski definition) is 1. The van der Waals surface area contributed by atoms with Crippen LogP contribution in [0, 0.1) is 18.8 Å². The van der Waals surface area contributed by atoms with E-state index in [1.165, 1.54) is 5.56 Å². The lowest BCUT2D eigenvalue weighted by Crippen LogP contribution is -1.92. The number of benzene rings is 1. The quantitative estimate of drug-likeness (QED) is 0.788. The molecule has 3 nitrogen and oxygen atoms in total. The van der Waals surface area contributed by atoms with Gasteiger partial charge in [0.2, 0.25) is 0 Å². The summed E-state index contributed by atoms with van der Waals surface area (Å²) in [6.45, 7) is 10.8. The standard InChI is InChI=1S/C15H13ClN2.C2H7N.C2H6/c1-3-12-6-9-15(16)14(11(12)2)8-7-13-5-4-10-17-18-13;1-2-3;1-2/h4-6,9-10H,3H2,1-2H3;2-3H2,1H3;1-2H3. The Labute approximate surface area is 145 Å². The van der Waals surface area contributed by atoms with Crippen molar-refractivity contribution in [1.82, 2.24) is 10.2 Å². The van der Waals surface area contributed by atoms with Gasteiger partial charge in [-0.15, -0.1) is 5.10 Å². The third kappa shape index (κ3) is 7.27. The summed E-state index contributed by atoms with van der Waals surface area (Å²) in [5, 5.41) is 8.40. The summed E-state index contributed by atoms with van der Waals surface area (Å²) >= 11 is 6.19. The summed E-state index contributed by atoms with van der Waals surface area (Å²) in [4.78, 5) is 0. The van der Waals surface area contributed by atoms with Crippen molar-refractivity contribution in [3.63, 3.8) is 0 Å². The van der Waals surface area contributed by atoms with Crippen molar-refractivity contribution in [3.05, 3.63) is 57.9 Å². The van der Waals surface area contributed by atoms with Crippen LogP contribution in [-0.2, 0) is 6.42 Å². The van der Waals surface area contributed by atoms with E-state index in [0.29, 0.717) is 10.7 Å². The Hall–Kier alpha value is -1.89. The van der Waals surface area contributed by atoms with Crippen molar-refractivity contribution >= 4 is 11.6 Å². The molecule has 2 rings (SSSR count). The van der Waals surface area contributed by atoms with Gasteiger partial charge in [-0.05, 0) is 55.1 Å². The lowest BCUT2D eigenvalue weighted by molar-refractivity contribution is 1.01. The van der Waals surface area contributed by atoms with Crippen LogP contribution in [0.5, 0.6) is 0 Å². The topological polar surface area (TPSA) is 51.8 Å². The molecule has 0 aliphatic rings. The Morgan fingerprint density at radius 3 is 2.30 bits per heavy atom. The maximum Gasteiger partial charge on any atom is 0.136 e. The number of nitrogens with two attached hydrogens (primary N) is 1. The molecule has 2 N–H and O–H groups in total. The number of halogens is 1. The van der Waals surface area contributed by atoms with E-state index in [9.17, 15) is 0 Å². The first-order chi connectivity index (χ1) is 11.1. The largest absolute Gasteiger partial charge is 0.331 e. The molecule has 4 heteroatoms. The Balaban J connectivity index is 0.000000868. The van der Waals surface area contributed by atoms with Crippen LogP contribution >= 0.6 is 11.6 Å². The lowest BCUT2D eigenvalue weighted by Gasteiger charge is -2.06. The van der Waals surface area contributed by atoms with Crippen LogP contribution in [-0.4, -0.2) is 16.7 Å². The zero-order valence-corrected chi connectivity index (χ0v) is 15.4. The average Bonchev–Trinajstić information content (AvgIpc) is 2.58. The molecule has 1 aromatic carbocycles. The van der Waals surface area contributed by atoms with Gasteiger partial charge in [-0.2, -0.15) is 5.10 Å². The fourth-order valence-electron chi connectivity index (χ4n) is 1.75. The summed E-state index contributed by atoms with van der Waals surface area (Å²) in [6.07, 6.45) is 2.60. The van der Waals surface area contributed by atoms with Crippen molar-refractivity contribution in [2.24, 2.45) is 5.73 Å². The first-order valence-electron chi connectivity index (χ1n) is 7.91. The Morgan fingerprint density at radius 2 is 1.78 bits per heavy atom. The molecule has 0 spiro atoms. The fourth-order valence-corrected chi connectivity index (χ4v) is 2.00. The zero-order valence-electron chi connectivity index (χ0n) is 14.7. The van der Waals surface area contributed by atoms with Crippen molar-refractivity contribution in [1.29, 1.82) is 0 Å². The summed E-state index contributed by atoms with van der Waals surface area (Å²) in [6, 6.07) is 7.58. The molecule has 0 amide bonds. The molecule has 124 valence electrons. The maximum absolute atomic E-state index is 6.19. The van der Waals surface area contributed by atoms with Crippen molar-refractivity contribution in [2.75, 3.05) is 6.54 Å². The highest BCUT2D eigenvalue weighted by Gasteiger charge is 2.05. The van der Waals surface area contributed by atoms with Gasteiger partial charge in [0.15, 0.2) is 0 Å². The van der Waals surface area contributed by atoms with E-state index in [2.05, 4.69) is 29.0 Å². The molecular formula is C19H26ClN3. The van der Waals surface area contributed by atoms with Crippen molar-refractivity contribution in [2.45, 2.75) is 41.0 Å². The number of nitrogens with zero attached hydrogens (tertiary/aromatic N) is 2. The zero-order chi connectivity index (χ0) is 17.7. The average molecular weight is 332 g/mol. The third-order valence-corrected chi connectivity index (χ3v) is 3.11. The number of rotatable bonds is 1. The summed E-state index contributed by atoms with van der Waals surface area (Å²) < 4.78 is 0. The highest BCUT2D eigenvalue weighted by Crippen LogP contribution is 2.22. The molecule has 1 aromatic heterocycles. The molecule has 0 aliphatic carbocycles. The molecule has 0 saturated heterocycles. The molecule has 0 fully saturated rings. The normalized spacial score (nSPS) is 8.65. The second-order valence-electron chi connectivity index (χ2n) is 4.33. The van der Waals surface area contributed by atoms with E-state index in [0.717, 1.165) is 24.1 Å². The highest BCUT2D eigenvalue weighted by atomic mass is 35.5. The van der Waals surface area contributed by atoms with E-state index in [1.807, 2.05) is 52.0 Å². The second kappa shape index (κ2) is 12.6. The minimum atomic E-state index is 0.648. The van der Waals surface area contributed by atoms with Gasteiger partial charge in [0.1, 0.15) is 5.69 Å². The van der Waals surface area contributed by atoms with Gasteiger partial charge >= 0.3 is 0 Å². The lowest BCUT2D eigenvalue weighted by atomic mass is 10.0. The van der Waals surface area contributed by atoms with Crippen molar-refractivity contribution < 1.29 is 0 Å². The van der Waals surface area contributed by atoms with Crippen LogP contribution in [0.2, 0.25) is 5.02 Å². The molecular weight excluding hydrogens is 306 g/mol. The fraction of sp³-hybridized carbons (Fsp3) is 0.368. The molecule has 0 radical (unpaired) electrons. The molecule has 0 saturated carbocycles. The first-order valence-corrected chi connectivity index (χ1v) is 8.29. The van der Waals surface area contributed by atoms with Gasteiger partial charge in [0, 0.05) is 11.8 Å². The molecule has 0 atom stereocenters. The van der Waals surface area contributed by atoms with E-state index in [-0.39, 0.29) is 0 Å². The smallest absolute Gasteiger partial charge is 0.136 e. The van der Waals surface area contributed by atoms with Gasteiger partial charge in [0.25, 0.3) is 0 Å². The van der Waals surface area contributed by atoms with Gasteiger partial charge in [-0.25, -0.2) is 0 Å². The summed E-state index contributed by atoms with van der Waals surface area (Å²) in [7, 11) is 0. The highest BCUT2D eigenvalue weighted by molar-refractivity contribution is 6.31. The maximum atomic E-state index is 6.19. The molecule has 2 aromatic rings. The summed E-state index contributed by atoms with van der Waals surface area (Å²) in [5.74, 6) is 6.07. The molecule has 23 heavy (non-hydrogen) atoms. The Morgan fingerprint density at radius 1 is 1.13 bits per heavy atom. The van der Waals surface area contributed by atoms with Gasteiger partial charge in [0.05, 0.1) is 5.02 Å². The Kier molecular flexibility index (Phi) is 11.6. The van der Waals surface area contributed by atoms with E-state index in [4.69, 9.17) is 17.3 Å². The summed E-state index contributed by atoms with van der Waals surface area (Å²) in [5.41, 5.74) is 8.78. The number of aryl methyl sites for hydroxylation is 1. The SMILES string of the molecule is CC.CCN.CCc1ccc(Cl)c(C#Cc2cccnn2)c1C. The van der Waals surface area contributed by atoms with Crippen molar-refractivity contribution in [3.8, 4) is 11.8 Å². The Bertz CT molecular complexity index is 628. The molecule has 1 heterocycles. The van der Waals surface area contributed by atoms with E-state index in [1.54, 1.807) is 6.20 Å². The molecule has 0 bridgehead atoms. The van der Waals surface area contributed by atoms with Gasteiger partial charge in [-0.1, -0.05) is 51.3 Å². The minimum Gasteiger partial charge on any atom is -0.331 e. The van der Waals surface area contributed by atoms with Crippen LogP contribution in [0.1, 0.15) is 50.1 Å². The third-order valence-electron chi connectivity index (χ3n) is 2.80. The van der Waals surface area contributed by atoms with E-state index >= 15 is 0 Å². The monoisotopic (exact) mass is 331 g/mol. The predicted molar refractivity (Wildman–Crippen MR) is 99.7 cm³/mol. The van der Waals surface area contributed by atoms with Gasteiger partial charge in [-0.3, -0.25) is 0 Å². The first kappa shape index (κ1) is 21.1. The number of aromatic nitrogens is 2. The minimum absolute atomic E-state index is 0.648. The van der Waals surface area contributed by atoms with Gasteiger partial charge < -0.3 is 5.73 Å². The second-order valence-corrected chi connectivity index (χ2v) is 4.73.